The first-order valence-corrected chi connectivity index (χ1v) is 10.4. The largest absolute Gasteiger partial charge is 0.240 e. The van der Waals surface area contributed by atoms with Crippen molar-refractivity contribution in [3.05, 3.63) is 58.4 Å². The van der Waals surface area contributed by atoms with Gasteiger partial charge in [-0.15, -0.1) is 34.4 Å². The molecule has 0 spiro atoms. The molecule has 0 aliphatic rings. The molecular weight excluding hydrogens is 338 g/mol. The van der Waals surface area contributed by atoms with Gasteiger partial charge >= 0.3 is 0 Å². The van der Waals surface area contributed by atoms with Crippen LogP contribution in [0.1, 0.15) is 30.3 Å². The van der Waals surface area contributed by atoms with Crippen LogP contribution in [0.3, 0.4) is 0 Å². The average Bonchev–Trinajstić information content (AvgIpc) is 3.17. The molecule has 0 N–H and O–H groups in total. The van der Waals surface area contributed by atoms with Gasteiger partial charge < -0.3 is 0 Å². The summed E-state index contributed by atoms with van der Waals surface area (Å²) < 4.78 is 2.66. The number of para-hydroxylation sites is 1. The maximum absolute atomic E-state index is 4.90. The SMILES string of the molecule is CC(C)c1cccc2sc(CSc3ccc4sccc4c3)nc12. The second kappa shape index (κ2) is 6.27. The van der Waals surface area contributed by atoms with Crippen LogP contribution < -0.4 is 0 Å². The van der Waals surface area contributed by atoms with E-state index in [-0.39, 0.29) is 0 Å². The Morgan fingerprint density at radius 1 is 1.09 bits per heavy atom. The highest BCUT2D eigenvalue weighted by Gasteiger charge is 2.10. The van der Waals surface area contributed by atoms with E-state index in [2.05, 4.69) is 61.7 Å². The van der Waals surface area contributed by atoms with Crippen LogP contribution in [0.15, 0.2) is 52.7 Å². The van der Waals surface area contributed by atoms with E-state index in [1.54, 1.807) is 11.3 Å². The molecule has 2 aromatic heterocycles. The summed E-state index contributed by atoms with van der Waals surface area (Å²) in [5.74, 6) is 1.45. The molecule has 0 saturated carbocycles. The van der Waals surface area contributed by atoms with Crippen molar-refractivity contribution in [2.24, 2.45) is 0 Å². The summed E-state index contributed by atoms with van der Waals surface area (Å²) in [6.45, 7) is 4.47. The van der Waals surface area contributed by atoms with E-state index in [4.69, 9.17) is 4.98 Å². The summed E-state index contributed by atoms with van der Waals surface area (Å²) in [5.41, 5.74) is 2.55. The van der Waals surface area contributed by atoms with Crippen LogP contribution in [0.25, 0.3) is 20.3 Å². The first-order valence-electron chi connectivity index (χ1n) is 7.69. The molecule has 0 bridgehead atoms. The Morgan fingerprint density at radius 3 is 2.87 bits per heavy atom. The minimum absolute atomic E-state index is 0.516. The molecule has 0 amide bonds. The van der Waals surface area contributed by atoms with Crippen LogP contribution in [0, 0.1) is 0 Å². The molecule has 0 saturated heterocycles. The van der Waals surface area contributed by atoms with Crippen molar-refractivity contribution in [2.45, 2.75) is 30.4 Å². The maximum atomic E-state index is 4.90. The van der Waals surface area contributed by atoms with E-state index in [9.17, 15) is 0 Å². The molecule has 0 unspecified atom stereocenters. The molecule has 0 atom stereocenters. The molecule has 116 valence electrons. The van der Waals surface area contributed by atoms with Gasteiger partial charge in [0.05, 0.1) is 16.0 Å². The Kier molecular flexibility index (Phi) is 4.14. The predicted octanol–water partition coefficient (Wildman–Crippen LogP) is 6.93. The third-order valence-electron chi connectivity index (χ3n) is 3.90. The van der Waals surface area contributed by atoms with E-state index in [1.807, 2.05) is 23.1 Å². The highest BCUT2D eigenvalue weighted by Crippen LogP contribution is 2.33. The van der Waals surface area contributed by atoms with Gasteiger partial charge in [-0.05, 0) is 52.6 Å². The zero-order chi connectivity index (χ0) is 15.8. The number of thioether (sulfide) groups is 1. The Labute approximate surface area is 148 Å². The topological polar surface area (TPSA) is 12.9 Å². The van der Waals surface area contributed by atoms with Crippen molar-refractivity contribution in [3.63, 3.8) is 0 Å². The van der Waals surface area contributed by atoms with Gasteiger partial charge in [0.15, 0.2) is 0 Å². The van der Waals surface area contributed by atoms with Gasteiger partial charge in [-0.25, -0.2) is 4.98 Å². The summed E-state index contributed by atoms with van der Waals surface area (Å²) in [4.78, 5) is 6.22. The molecule has 0 aliphatic carbocycles. The lowest BCUT2D eigenvalue weighted by Gasteiger charge is -2.04. The molecule has 0 aliphatic heterocycles. The molecule has 1 nitrogen and oxygen atoms in total. The second-order valence-electron chi connectivity index (χ2n) is 5.87. The number of hydrogen-bond acceptors (Lipinski definition) is 4. The average molecular weight is 356 g/mol. The van der Waals surface area contributed by atoms with Crippen molar-refractivity contribution in [3.8, 4) is 0 Å². The third-order valence-corrected chi connectivity index (χ3v) is 7.01. The third kappa shape index (κ3) is 3.03. The number of nitrogens with zero attached hydrogens (tertiary/aromatic N) is 1. The molecule has 0 fully saturated rings. The summed E-state index contributed by atoms with van der Waals surface area (Å²) in [5, 5.41) is 4.70. The second-order valence-corrected chi connectivity index (χ2v) is 8.98. The van der Waals surface area contributed by atoms with E-state index >= 15 is 0 Å². The van der Waals surface area contributed by atoms with Crippen LogP contribution in [0.5, 0.6) is 0 Å². The number of hydrogen-bond donors (Lipinski definition) is 0. The number of thiazole rings is 1. The monoisotopic (exact) mass is 355 g/mol. The highest BCUT2D eigenvalue weighted by molar-refractivity contribution is 7.98. The number of thiophene rings is 1. The molecule has 2 heterocycles. The first kappa shape index (κ1) is 15.2. The highest BCUT2D eigenvalue weighted by atomic mass is 32.2. The van der Waals surface area contributed by atoms with Crippen LogP contribution >= 0.6 is 34.4 Å². The Bertz CT molecular complexity index is 965. The molecule has 4 heteroatoms. The lowest BCUT2D eigenvalue weighted by molar-refractivity contribution is 0.873. The molecule has 4 aromatic rings. The lowest BCUT2D eigenvalue weighted by atomic mass is 10.0. The fourth-order valence-electron chi connectivity index (χ4n) is 2.72. The standard InChI is InChI=1S/C19H17NS3/c1-12(2)15-4-3-5-17-19(15)20-18(23-17)11-22-14-6-7-16-13(10-14)8-9-21-16/h3-10,12H,11H2,1-2H3. The first-order chi connectivity index (χ1) is 11.2. The lowest BCUT2D eigenvalue weighted by Crippen LogP contribution is -1.88. The number of rotatable bonds is 4. The van der Waals surface area contributed by atoms with Crippen LogP contribution in [0.4, 0.5) is 0 Å². The van der Waals surface area contributed by atoms with Crippen molar-refractivity contribution >= 4 is 54.7 Å². The van der Waals surface area contributed by atoms with Gasteiger partial charge in [-0.1, -0.05) is 26.0 Å². The Morgan fingerprint density at radius 2 is 2.00 bits per heavy atom. The fourth-order valence-corrected chi connectivity index (χ4v) is 5.43. The van der Waals surface area contributed by atoms with Gasteiger partial charge in [-0.2, -0.15) is 0 Å². The zero-order valence-corrected chi connectivity index (χ0v) is 15.5. The Balaban J connectivity index is 1.58. The number of benzene rings is 2. The normalized spacial score (nSPS) is 11.8. The van der Waals surface area contributed by atoms with Gasteiger partial charge in [-0.3, -0.25) is 0 Å². The van der Waals surface area contributed by atoms with Crippen molar-refractivity contribution in [1.29, 1.82) is 0 Å². The minimum atomic E-state index is 0.516. The molecule has 2 aromatic carbocycles. The summed E-state index contributed by atoms with van der Waals surface area (Å²) in [7, 11) is 0. The molecule has 4 rings (SSSR count). The van der Waals surface area contributed by atoms with Crippen LogP contribution in [0.2, 0.25) is 0 Å². The number of fused-ring (bicyclic) bond motifs is 2. The van der Waals surface area contributed by atoms with Gasteiger partial charge in [0, 0.05) is 9.60 Å². The van der Waals surface area contributed by atoms with E-state index in [0.717, 1.165) is 5.75 Å². The maximum Gasteiger partial charge on any atom is 0.104 e. The summed E-state index contributed by atoms with van der Waals surface area (Å²) in [6, 6.07) is 15.4. The quantitative estimate of drug-likeness (QED) is 0.368. The van der Waals surface area contributed by atoms with E-state index < -0.39 is 0 Å². The fraction of sp³-hybridized carbons (Fsp3) is 0.211. The minimum Gasteiger partial charge on any atom is -0.240 e. The summed E-state index contributed by atoms with van der Waals surface area (Å²) in [6.07, 6.45) is 0. The van der Waals surface area contributed by atoms with Gasteiger partial charge in [0.1, 0.15) is 5.01 Å². The predicted molar refractivity (Wildman–Crippen MR) is 105 cm³/mol. The van der Waals surface area contributed by atoms with Gasteiger partial charge in [0.2, 0.25) is 0 Å². The molecule has 23 heavy (non-hydrogen) atoms. The molecular formula is C19H17NS3. The smallest absolute Gasteiger partial charge is 0.104 e. The number of aromatic nitrogens is 1. The van der Waals surface area contributed by atoms with E-state index in [1.165, 1.54) is 35.8 Å². The van der Waals surface area contributed by atoms with Crippen LogP contribution in [-0.4, -0.2) is 4.98 Å². The zero-order valence-electron chi connectivity index (χ0n) is 13.1. The van der Waals surface area contributed by atoms with Crippen molar-refractivity contribution < 1.29 is 0 Å². The van der Waals surface area contributed by atoms with Crippen molar-refractivity contribution in [2.75, 3.05) is 0 Å². The molecule has 0 radical (unpaired) electrons. The van der Waals surface area contributed by atoms with Crippen molar-refractivity contribution in [1.82, 2.24) is 4.98 Å². The van der Waals surface area contributed by atoms with Gasteiger partial charge in [0.25, 0.3) is 0 Å². The Hall–Kier alpha value is -1.36. The van der Waals surface area contributed by atoms with Crippen LogP contribution in [-0.2, 0) is 5.75 Å². The summed E-state index contributed by atoms with van der Waals surface area (Å²) >= 11 is 5.50. The van der Waals surface area contributed by atoms with E-state index in [0.29, 0.717) is 5.92 Å².